The summed E-state index contributed by atoms with van der Waals surface area (Å²) >= 11 is 0. The fraction of sp³-hybridized carbons (Fsp3) is 0.440. The highest BCUT2D eigenvalue weighted by molar-refractivity contribution is 6.01. The summed E-state index contributed by atoms with van der Waals surface area (Å²) in [5, 5.41) is 15.2. The molecule has 2 aromatic heterocycles. The highest BCUT2D eigenvalue weighted by Crippen LogP contribution is 2.29. The largest absolute Gasteiger partial charge is 0.383 e. The number of hydrogen-bond donors (Lipinski definition) is 2. The Kier molecular flexibility index (Phi) is 8.27. The number of carbonyl (C=O) groups is 3. The van der Waals surface area contributed by atoms with Crippen molar-refractivity contribution < 1.29 is 23.9 Å². The van der Waals surface area contributed by atoms with E-state index in [0.717, 1.165) is 5.56 Å². The van der Waals surface area contributed by atoms with Crippen LogP contribution in [0.4, 0.5) is 22.1 Å². The molecule has 1 saturated heterocycles. The number of methoxy groups -OCH3 is 1. The molecule has 0 saturated carbocycles. The number of urea groups is 1. The average molecular weight is 508 g/mol. The summed E-state index contributed by atoms with van der Waals surface area (Å²) in [5.41, 5.74) is 2.52. The molecule has 3 amide bonds. The topological polar surface area (TPSA) is 150 Å². The highest BCUT2D eigenvalue weighted by atomic mass is 16.5. The first kappa shape index (κ1) is 26.0. The van der Waals surface area contributed by atoms with Crippen LogP contribution in [0.25, 0.3) is 0 Å². The van der Waals surface area contributed by atoms with E-state index in [1.54, 1.807) is 18.1 Å². The molecule has 2 aromatic rings. The van der Waals surface area contributed by atoms with E-state index in [9.17, 15) is 19.6 Å². The van der Waals surface area contributed by atoms with Gasteiger partial charge >= 0.3 is 6.03 Å². The van der Waals surface area contributed by atoms with E-state index in [2.05, 4.69) is 26.7 Å². The molecule has 2 aliphatic rings. The lowest BCUT2D eigenvalue weighted by atomic mass is 10.0. The number of morpholine rings is 1. The van der Waals surface area contributed by atoms with Crippen LogP contribution in [0.1, 0.15) is 40.5 Å². The van der Waals surface area contributed by atoms with Gasteiger partial charge in [0.1, 0.15) is 30.0 Å². The lowest BCUT2D eigenvalue weighted by molar-refractivity contribution is -0.148. The molecule has 0 aliphatic carbocycles. The lowest BCUT2D eigenvalue weighted by Crippen LogP contribution is -2.47. The normalized spacial score (nSPS) is 17.1. The number of nitrogens with one attached hydrogen (secondary N) is 2. The van der Waals surface area contributed by atoms with Gasteiger partial charge in [0, 0.05) is 44.6 Å². The maximum Gasteiger partial charge on any atom is 0.328 e. The molecule has 0 aromatic carbocycles. The Morgan fingerprint density at radius 3 is 2.97 bits per heavy atom. The molecule has 4 rings (SSSR count). The number of hydrogen-bond acceptors (Lipinski definition) is 9. The SMILES string of the molecule is COCCNc1cc(NC(=O)N2CCCc3cc(CN4C(=O)COC[C@@H]4C)c(C=O)nc32)ncc1C#N. The van der Waals surface area contributed by atoms with Gasteiger partial charge in [-0.3, -0.25) is 19.8 Å². The molecule has 1 fully saturated rings. The number of fused-ring (bicyclic) bond motifs is 1. The predicted molar refractivity (Wildman–Crippen MR) is 134 cm³/mol. The first-order chi connectivity index (χ1) is 17.9. The van der Waals surface area contributed by atoms with Gasteiger partial charge in [-0.2, -0.15) is 5.26 Å². The molecule has 0 bridgehead atoms. The predicted octanol–water partition coefficient (Wildman–Crippen LogP) is 1.95. The Bertz CT molecular complexity index is 1230. The fourth-order valence-corrected chi connectivity index (χ4v) is 4.37. The molecule has 2 aliphatic heterocycles. The quantitative estimate of drug-likeness (QED) is 0.404. The van der Waals surface area contributed by atoms with Gasteiger partial charge in [-0.05, 0) is 31.4 Å². The van der Waals surface area contributed by atoms with E-state index in [0.29, 0.717) is 68.1 Å². The lowest BCUT2D eigenvalue weighted by Gasteiger charge is -2.34. The van der Waals surface area contributed by atoms with Crippen LogP contribution in [-0.2, 0) is 27.2 Å². The third-order valence-electron chi connectivity index (χ3n) is 6.29. The first-order valence-corrected chi connectivity index (χ1v) is 12.0. The van der Waals surface area contributed by atoms with Crippen LogP contribution in [-0.4, -0.2) is 79.2 Å². The zero-order valence-electron chi connectivity index (χ0n) is 20.8. The number of carbonyl (C=O) groups excluding carboxylic acids is 3. The number of pyridine rings is 2. The smallest absolute Gasteiger partial charge is 0.328 e. The zero-order valence-corrected chi connectivity index (χ0v) is 20.8. The minimum atomic E-state index is -0.449. The summed E-state index contributed by atoms with van der Waals surface area (Å²) in [6.45, 7) is 3.94. The number of aromatic nitrogens is 2. The van der Waals surface area contributed by atoms with Gasteiger partial charge in [-0.15, -0.1) is 0 Å². The minimum Gasteiger partial charge on any atom is -0.383 e. The van der Waals surface area contributed by atoms with Crippen molar-refractivity contribution in [2.75, 3.05) is 55.6 Å². The molecule has 0 radical (unpaired) electrons. The molecule has 2 N–H and O–H groups in total. The summed E-state index contributed by atoms with van der Waals surface area (Å²) in [6.07, 6.45) is 3.43. The molecule has 0 spiro atoms. The number of amides is 3. The first-order valence-electron chi connectivity index (χ1n) is 12.0. The number of rotatable bonds is 8. The Labute approximate surface area is 214 Å². The van der Waals surface area contributed by atoms with Crippen LogP contribution in [0.2, 0.25) is 0 Å². The second-order valence-electron chi connectivity index (χ2n) is 8.85. The number of nitriles is 1. The number of ether oxygens (including phenoxy) is 2. The number of aryl methyl sites for hydroxylation is 1. The van der Waals surface area contributed by atoms with Gasteiger partial charge in [-0.25, -0.2) is 14.8 Å². The molecule has 1 atom stereocenters. The monoisotopic (exact) mass is 507 g/mol. The van der Waals surface area contributed by atoms with E-state index < -0.39 is 6.03 Å². The van der Waals surface area contributed by atoms with Gasteiger partial charge < -0.3 is 19.7 Å². The maximum atomic E-state index is 13.2. The van der Waals surface area contributed by atoms with Gasteiger partial charge in [0.05, 0.1) is 30.5 Å². The summed E-state index contributed by atoms with van der Waals surface area (Å²) in [5.74, 6) is 0.534. The summed E-state index contributed by atoms with van der Waals surface area (Å²) in [7, 11) is 1.58. The van der Waals surface area contributed by atoms with Crippen LogP contribution in [0.5, 0.6) is 0 Å². The third kappa shape index (κ3) is 5.84. The van der Waals surface area contributed by atoms with Crippen LogP contribution in [0, 0.1) is 11.3 Å². The molecule has 37 heavy (non-hydrogen) atoms. The minimum absolute atomic E-state index is 0.0140. The number of aldehydes is 1. The summed E-state index contributed by atoms with van der Waals surface area (Å²) < 4.78 is 10.3. The van der Waals surface area contributed by atoms with Crippen LogP contribution >= 0.6 is 0 Å². The molecule has 0 unspecified atom stereocenters. The summed E-state index contributed by atoms with van der Waals surface area (Å²) in [6, 6.07) is 4.95. The van der Waals surface area contributed by atoms with E-state index in [-0.39, 0.29) is 36.6 Å². The fourth-order valence-electron chi connectivity index (χ4n) is 4.37. The van der Waals surface area contributed by atoms with Gasteiger partial charge in [0.25, 0.3) is 0 Å². The second-order valence-corrected chi connectivity index (χ2v) is 8.85. The van der Waals surface area contributed by atoms with Gasteiger partial charge in [0.2, 0.25) is 5.91 Å². The Morgan fingerprint density at radius 1 is 1.41 bits per heavy atom. The molecule has 12 heteroatoms. The van der Waals surface area contributed by atoms with Gasteiger partial charge in [0.15, 0.2) is 6.29 Å². The molecular formula is C25H29N7O5. The Hall–Kier alpha value is -4.08. The summed E-state index contributed by atoms with van der Waals surface area (Å²) in [4.78, 5) is 49.4. The Balaban J connectivity index is 1.55. The molecule has 12 nitrogen and oxygen atoms in total. The maximum absolute atomic E-state index is 13.2. The molecule has 194 valence electrons. The second kappa shape index (κ2) is 11.8. The van der Waals surface area contributed by atoms with Crippen LogP contribution < -0.4 is 15.5 Å². The molecule has 4 heterocycles. The van der Waals surface area contributed by atoms with E-state index in [1.807, 2.05) is 13.0 Å². The van der Waals surface area contributed by atoms with Crippen molar-refractivity contribution in [3.8, 4) is 6.07 Å². The number of anilines is 3. The standard InChI is InChI=1S/C25H29N7O5/c1-16-14-37-15-23(34)32(16)12-18-8-17-4-3-6-31(24(17)29-21(18)13-33)25(35)30-22-9-20(27-5-7-36-2)19(10-26)11-28-22/h8-9,11,13,16H,3-7,12,14-15H2,1-2H3,(H2,27,28,30,35)/t16-/m0/s1. The zero-order chi connectivity index (χ0) is 26.4. The van der Waals surface area contributed by atoms with E-state index in [4.69, 9.17) is 9.47 Å². The van der Waals surface area contributed by atoms with E-state index in [1.165, 1.54) is 11.1 Å². The van der Waals surface area contributed by atoms with Crippen molar-refractivity contribution >= 4 is 35.5 Å². The average Bonchev–Trinajstić information content (AvgIpc) is 2.90. The number of nitrogens with zero attached hydrogens (tertiary/aromatic N) is 5. The highest BCUT2D eigenvalue weighted by Gasteiger charge is 2.29. The van der Waals surface area contributed by atoms with Crippen molar-refractivity contribution in [1.29, 1.82) is 5.26 Å². The van der Waals surface area contributed by atoms with Gasteiger partial charge in [-0.1, -0.05) is 0 Å². The van der Waals surface area contributed by atoms with Crippen molar-refractivity contribution in [3.63, 3.8) is 0 Å². The van der Waals surface area contributed by atoms with Crippen LogP contribution in [0.3, 0.4) is 0 Å². The van der Waals surface area contributed by atoms with Crippen molar-refractivity contribution in [2.45, 2.75) is 32.4 Å². The van der Waals surface area contributed by atoms with Crippen molar-refractivity contribution in [2.24, 2.45) is 0 Å². The Morgan fingerprint density at radius 2 is 2.24 bits per heavy atom. The third-order valence-corrected chi connectivity index (χ3v) is 6.29. The van der Waals surface area contributed by atoms with Crippen molar-refractivity contribution in [1.82, 2.24) is 14.9 Å². The molecular weight excluding hydrogens is 478 g/mol. The van der Waals surface area contributed by atoms with E-state index >= 15 is 0 Å². The van der Waals surface area contributed by atoms with Crippen LogP contribution in [0.15, 0.2) is 18.3 Å². The van der Waals surface area contributed by atoms with Crippen molar-refractivity contribution in [3.05, 3.63) is 40.7 Å².